The lowest BCUT2D eigenvalue weighted by Gasteiger charge is -2.39. The van der Waals surface area contributed by atoms with Crippen LogP contribution in [0.25, 0.3) is 0 Å². The molecule has 6 atom stereocenters. The van der Waals surface area contributed by atoms with Crippen molar-refractivity contribution in [1.82, 2.24) is 0 Å². The largest absolute Gasteiger partial charge is 0.457 e. The Morgan fingerprint density at radius 3 is 1.79 bits per heavy atom. The Balaban J connectivity index is 2.36. The van der Waals surface area contributed by atoms with Crippen molar-refractivity contribution in [2.75, 3.05) is 26.4 Å². The molecule has 1 aliphatic heterocycles. The van der Waals surface area contributed by atoms with Crippen LogP contribution in [0.4, 0.5) is 0 Å². The van der Waals surface area contributed by atoms with Crippen molar-refractivity contribution in [2.45, 2.75) is 179 Å². The number of rotatable bonds is 33. The summed E-state index contributed by atoms with van der Waals surface area (Å²) in [6.07, 6.45) is 35.3. The molecule has 52 heavy (non-hydrogen) atoms. The van der Waals surface area contributed by atoms with Gasteiger partial charge < -0.3 is 39.4 Å². The van der Waals surface area contributed by atoms with Crippen LogP contribution in [-0.2, 0) is 23.7 Å². The van der Waals surface area contributed by atoms with Crippen LogP contribution in [0.3, 0.4) is 0 Å². The Morgan fingerprint density at radius 2 is 1.17 bits per heavy atom. The molecule has 0 saturated carbocycles. The maximum atomic E-state index is 12.7. The highest BCUT2D eigenvalue weighted by atomic mass is 16.7. The van der Waals surface area contributed by atoms with Gasteiger partial charge in [-0.1, -0.05) is 120 Å². The number of hydrogen-bond donors (Lipinski definition) is 4. The number of ether oxygens (including phenoxy) is 4. The molecule has 0 spiro atoms. The lowest BCUT2D eigenvalue weighted by atomic mass is 9.99. The van der Waals surface area contributed by atoms with Gasteiger partial charge in [0.2, 0.25) is 0 Å². The van der Waals surface area contributed by atoms with E-state index in [-0.39, 0.29) is 25.6 Å². The second-order valence-corrected chi connectivity index (χ2v) is 13.7. The van der Waals surface area contributed by atoms with Crippen LogP contribution >= 0.6 is 0 Å². The molecule has 0 radical (unpaired) electrons. The van der Waals surface area contributed by atoms with Gasteiger partial charge in [-0.2, -0.15) is 0 Å². The van der Waals surface area contributed by atoms with Crippen LogP contribution in [0.5, 0.6) is 0 Å². The quantitative estimate of drug-likeness (QED) is 0.0298. The Hall–Kier alpha value is -2.11. The molecule has 1 rings (SSSR count). The van der Waals surface area contributed by atoms with E-state index in [2.05, 4.69) is 74.6 Å². The van der Waals surface area contributed by atoms with E-state index < -0.39 is 43.4 Å². The molecule has 1 heterocycles. The number of esters is 1. The first-order valence-corrected chi connectivity index (χ1v) is 20.4. The summed E-state index contributed by atoms with van der Waals surface area (Å²) >= 11 is 0. The van der Waals surface area contributed by atoms with Crippen molar-refractivity contribution < 1.29 is 44.2 Å². The summed E-state index contributed by atoms with van der Waals surface area (Å²) in [4.78, 5) is 12.7. The topological polar surface area (TPSA) is 135 Å². The fourth-order valence-electron chi connectivity index (χ4n) is 5.71. The van der Waals surface area contributed by atoms with Crippen LogP contribution in [0.15, 0.2) is 60.8 Å². The van der Waals surface area contributed by atoms with Crippen molar-refractivity contribution >= 4 is 5.97 Å². The van der Waals surface area contributed by atoms with Gasteiger partial charge in [0, 0.05) is 13.0 Å². The predicted molar refractivity (Wildman–Crippen MR) is 210 cm³/mol. The highest BCUT2D eigenvalue weighted by Crippen LogP contribution is 2.22. The number of unbranched alkanes of at least 4 members (excludes halogenated alkanes) is 12. The zero-order valence-electron chi connectivity index (χ0n) is 32.5. The van der Waals surface area contributed by atoms with Crippen LogP contribution in [0.2, 0.25) is 0 Å². The van der Waals surface area contributed by atoms with Gasteiger partial charge in [0.25, 0.3) is 0 Å². The van der Waals surface area contributed by atoms with Crippen molar-refractivity contribution in [3.05, 3.63) is 60.8 Å². The first-order chi connectivity index (χ1) is 25.4. The highest BCUT2D eigenvalue weighted by molar-refractivity contribution is 5.69. The summed E-state index contributed by atoms with van der Waals surface area (Å²) in [5.41, 5.74) is 0. The summed E-state index contributed by atoms with van der Waals surface area (Å²) in [5.74, 6) is -0.359. The molecule has 9 heteroatoms. The lowest BCUT2D eigenvalue weighted by molar-refractivity contribution is -0.305. The second kappa shape index (κ2) is 34.6. The fraction of sp³-hybridized carbons (Fsp3) is 0.744. The van der Waals surface area contributed by atoms with E-state index in [0.29, 0.717) is 13.0 Å². The minimum Gasteiger partial charge on any atom is -0.457 e. The van der Waals surface area contributed by atoms with E-state index >= 15 is 0 Å². The first-order valence-electron chi connectivity index (χ1n) is 20.4. The average Bonchev–Trinajstić information content (AvgIpc) is 3.14. The van der Waals surface area contributed by atoms with Crippen LogP contribution in [-0.4, -0.2) is 89.6 Å². The predicted octanol–water partition coefficient (Wildman–Crippen LogP) is 8.35. The smallest absolute Gasteiger partial charge is 0.306 e. The molecule has 4 N–H and O–H groups in total. The monoisotopic (exact) mass is 735 g/mol. The molecule has 300 valence electrons. The zero-order valence-corrected chi connectivity index (χ0v) is 32.5. The van der Waals surface area contributed by atoms with Crippen molar-refractivity contribution in [1.29, 1.82) is 0 Å². The fourth-order valence-corrected chi connectivity index (χ4v) is 5.71. The molecule has 1 saturated heterocycles. The molecule has 0 aromatic heterocycles. The SMILES string of the molecule is CC/C=C\C/C=C\C/C=C\C/C=C\CCCCC(=O)OC(COCCCCCCCC/C=C\CCCCCC)COC1OC(CO)C(O)C(O)C1O. The standard InChI is InChI=1S/C43H74O9/c1-3-5-7-9-11-13-15-17-19-20-22-24-26-28-30-32-39(45)51-37(36-50-43-42(48)41(47)40(46)38(34-44)52-43)35-49-33-31-29-27-25-23-21-18-16-14-12-10-8-6-4-2/h5,7,11,13-14,16-17,19,22,24,37-38,40-44,46-48H,3-4,6,8-10,12,15,18,20-21,23,25-36H2,1-2H3/b7-5-,13-11-,16-14-,19-17-,24-22-. The van der Waals surface area contributed by atoms with Crippen molar-refractivity contribution in [3.63, 3.8) is 0 Å². The third-order valence-electron chi connectivity index (χ3n) is 8.92. The summed E-state index contributed by atoms with van der Waals surface area (Å²) in [7, 11) is 0. The zero-order chi connectivity index (χ0) is 37.9. The molecule has 0 aliphatic carbocycles. The van der Waals surface area contributed by atoms with Gasteiger partial charge in [-0.15, -0.1) is 0 Å². The van der Waals surface area contributed by atoms with Crippen molar-refractivity contribution in [3.8, 4) is 0 Å². The third-order valence-corrected chi connectivity index (χ3v) is 8.92. The Labute approximate surface area is 315 Å². The average molecular weight is 735 g/mol. The maximum Gasteiger partial charge on any atom is 0.306 e. The molecule has 0 amide bonds. The molecule has 9 nitrogen and oxygen atoms in total. The molecule has 1 aliphatic rings. The first kappa shape index (κ1) is 47.9. The summed E-state index contributed by atoms with van der Waals surface area (Å²) < 4.78 is 22.7. The number of hydrogen-bond acceptors (Lipinski definition) is 9. The molecule has 0 aromatic carbocycles. The van der Waals surface area contributed by atoms with E-state index in [1.165, 1.54) is 51.4 Å². The normalized spacial score (nSPS) is 21.8. The van der Waals surface area contributed by atoms with Crippen LogP contribution in [0, 0.1) is 0 Å². The second-order valence-electron chi connectivity index (χ2n) is 13.7. The van der Waals surface area contributed by atoms with Crippen LogP contribution in [0.1, 0.15) is 142 Å². The summed E-state index contributed by atoms with van der Waals surface area (Å²) in [6.45, 7) is 4.34. The van der Waals surface area contributed by atoms with E-state index in [9.17, 15) is 25.2 Å². The Morgan fingerprint density at radius 1 is 0.635 bits per heavy atom. The Kier molecular flexibility index (Phi) is 31.9. The van der Waals surface area contributed by atoms with Crippen molar-refractivity contribution in [2.24, 2.45) is 0 Å². The van der Waals surface area contributed by atoms with Gasteiger partial charge in [0.15, 0.2) is 6.29 Å². The summed E-state index contributed by atoms with van der Waals surface area (Å²) in [5, 5.41) is 40.0. The van der Waals surface area contributed by atoms with Gasteiger partial charge in [0.1, 0.15) is 30.5 Å². The van der Waals surface area contributed by atoms with Crippen LogP contribution < -0.4 is 0 Å². The minimum atomic E-state index is -1.55. The van der Waals surface area contributed by atoms with E-state index in [1.54, 1.807) is 0 Å². The number of aliphatic hydroxyl groups is 4. The minimum absolute atomic E-state index is 0.121. The summed E-state index contributed by atoms with van der Waals surface area (Å²) in [6, 6.07) is 0. The van der Waals surface area contributed by atoms with Gasteiger partial charge in [-0.25, -0.2) is 0 Å². The maximum absolute atomic E-state index is 12.7. The molecule has 0 aromatic rings. The lowest BCUT2D eigenvalue weighted by Crippen LogP contribution is -2.59. The number of aliphatic hydroxyl groups excluding tert-OH is 4. The van der Waals surface area contributed by atoms with E-state index in [4.69, 9.17) is 18.9 Å². The molecule has 0 bridgehead atoms. The van der Waals surface area contributed by atoms with E-state index in [1.807, 2.05) is 0 Å². The van der Waals surface area contributed by atoms with Gasteiger partial charge in [-0.05, 0) is 77.0 Å². The molecular weight excluding hydrogens is 660 g/mol. The molecule has 6 unspecified atom stereocenters. The number of allylic oxidation sites excluding steroid dienone is 10. The van der Waals surface area contributed by atoms with Gasteiger partial charge in [0.05, 0.1) is 19.8 Å². The van der Waals surface area contributed by atoms with Gasteiger partial charge >= 0.3 is 5.97 Å². The van der Waals surface area contributed by atoms with E-state index in [0.717, 1.165) is 64.2 Å². The Bertz CT molecular complexity index is 974. The molecule has 1 fully saturated rings. The highest BCUT2D eigenvalue weighted by Gasteiger charge is 2.44. The third kappa shape index (κ3) is 25.8. The molecular formula is C43H74O9. The number of carbonyl (C=O) groups excluding carboxylic acids is 1. The van der Waals surface area contributed by atoms with Gasteiger partial charge in [-0.3, -0.25) is 4.79 Å². The number of carbonyl (C=O) groups is 1.